The van der Waals surface area contributed by atoms with Crippen LogP contribution in [0.5, 0.6) is 0 Å². The fourth-order valence-electron chi connectivity index (χ4n) is 5.09. The highest BCUT2D eigenvalue weighted by Crippen LogP contribution is 2.30. The smallest absolute Gasteiger partial charge is 0.305 e. The Morgan fingerprint density at radius 1 is 0.804 bits per heavy atom. The fourth-order valence-corrected chi connectivity index (χ4v) is 5.87. The van der Waals surface area contributed by atoms with E-state index >= 15 is 0 Å². The molecule has 2 heterocycles. The fraction of sp³-hybridized carbons (Fsp3) is 0.176. The Morgan fingerprint density at radius 3 is 1.98 bits per heavy atom. The molecule has 0 bridgehead atoms. The lowest BCUT2D eigenvalue weighted by molar-refractivity contribution is -0.137. The third-order valence-electron chi connectivity index (χ3n) is 7.52. The molecule has 11 nitrogen and oxygen atoms in total. The van der Waals surface area contributed by atoms with Crippen LogP contribution in [0.25, 0.3) is 0 Å². The first-order valence-corrected chi connectivity index (χ1v) is 15.2. The zero-order valence-corrected chi connectivity index (χ0v) is 25.3. The van der Waals surface area contributed by atoms with Gasteiger partial charge in [0.15, 0.2) is 0 Å². The van der Waals surface area contributed by atoms with E-state index in [1.54, 1.807) is 64.9 Å². The van der Waals surface area contributed by atoms with E-state index in [0.717, 1.165) is 0 Å². The summed E-state index contributed by atoms with van der Waals surface area (Å²) >= 11 is 1.34. The average Bonchev–Trinajstić information content (AvgIpc) is 3.63. The maximum absolute atomic E-state index is 13.4. The maximum Gasteiger partial charge on any atom is 0.305 e. The molecule has 5 rings (SSSR count). The van der Waals surface area contributed by atoms with Crippen molar-refractivity contribution < 1.29 is 24.3 Å². The molecule has 3 N–H and O–H groups in total. The van der Waals surface area contributed by atoms with E-state index in [1.807, 2.05) is 17.0 Å². The molecule has 1 atom stereocenters. The number of hydrogen-bond acceptors (Lipinski definition) is 8. The topological polar surface area (TPSA) is 167 Å². The van der Waals surface area contributed by atoms with Crippen molar-refractivity contribution in [3.05, 3.63) is 117 Å². The number of carbonyl (C=O) groups excluding carboxylic acids is 3. The van der Waals surface area contributed by atoms with Crippen molar-refractivity contribution in [3.63, 3.8) is 0 Å². The van der Waals surface area contributed by atoms with E-state index in [4.69, 9.17) is 10.5 Å². The number of rotatable bonds is 9. The normalized spacial score (nSPS) is 13.2. The molecule has 1 aromatic heterocycles. The molecule has 0 radical (unpaired) electrons. The minimum atomic E-state index is -1.05. The van der Waals surface area contributed by atoms with Gasteiger partial charge in [0.2, 0.25) is 0 Å². The highest BCUT2D eigenvalue weighted by atomic mass is 32.1. The first-order valence-electron chi connectivity index (χ1n) is 14.3. The molecule has 46 heavy (non-hydrogen) atoms. The summed E-state index contributed by atoms with van der Waals surface area (Å²) in [5, 5.41) is 35.1. The highest BCUT2D eigenvalue weighted by molar-refractivity contribution is 7.10. The largest absolute Gasteiger partial charge is 0.481 e. The number of carbonyl (C=O) groups is 4. The molecule has 1 saturated heterocycles. The Morgan fingerprint density at radius 2 is 1.41 bits per heavy atom. The molecule has 3 aromatic carbocycles. The van der Waals surface area contributed by atoms with Crippen LogP contribution in [0.15, 0.2) is 84.2 Å². The van der Waals surface area contributed by atoms with Crippen molar-refractivity contribution in [1.82, 2.24) is 10.2 Å². The summed E-state index contributed by atoms with van der Waals surface area (Å²) in [6, 6.07) is 24.4. The number of nitrogens with one attached hydrogen (secondary N) is 2. The molecule has 1 aliphatic heterocycles. The van der Waals surface area contributed by atoms with Gasteiger partial charge in [0.1, 0.15) is 0 Å². The standard InChI is InChI=1S/C34H28N6O5S/c35-20-22-3-7-24(8-4-22)32(43)37-27-18-26(33(44)38-28(19-31(41)42)30-2-1-17-46-30)11-12-29(27)39-13-15-40(16-14-39)34(45)25-9-5-23(21-36)6-10-25/h1-12,17-18,28H,13-16,19H2,(H,37,43)(H,38,44)(H,41,42). The highest BCUT2D eigenvalue weighted by Gasteiger charge is 2.26. The summed E-state index contributed by atoms with van der Waals surface area (Å²) in [5.41, 5.74) is 2.91. The lowest BCUT2D eigenvalue weighted by atomic mass is 10.1. The number of carboxylic acids is 1. The van der Waals surface area contributed by atoms with Crippen molar-refractivity contribution in [3.8, 4) is 12.1 Å². The molecule has 0 saturated carbocycles. The lowest BCUT2D eigenvalue weighted by Crippen LogP contribution is -2.49. The Hall–Kier alpha value is -5.98. The molecular weight excluding hydrogens is 604 g/mol. The van der Waals surface area contributed by atoms with Gasteiger partial charge in [-0.3, -0.25) is 19.2 Å². The molecule has 4 aromatic rings. The van der Waals surface area contributed by atoms with Gasteiger partial charge in [0, 0.05) is 47.7 Å². The second-order valence-corrected chi connectivity index (χ2v) is 11.5. The van der Waals surface area contributed by atoms with Crippen LogP contribution in [-0.4, -0.2) is 59.9 Å². The van der Waals surface area contributed by atoms with Gasteiger partial charge in [-0.2, -0.15) is 10.5 Å². The van der Waals surface area contributed by atoms with Crippen molar-refractivity contribution in [1.29, 1.82) is 10.5 Å². The van der Waals surface area contributed by atoms with Crippen molar-refractivity contribution in [2.75, 3.05) is 36.4 Å². The van der Waals surface area contributed by atoms with Crippen molar-refractivity contribution in [2.24, 2.45) is 0 Å². The third kappa shape index (κ3) is 7.38. The number of amides is 3. The summed E-state index contributed by atoms with van der Waals surface area (Å²) in [6.07, 6.45) is -0.294. The Labute approximate surface area is 268 Å². The van der Waals surface area contributed by atoms with Crippen LogP contribution in [0.4, 0.5) is 11.4 Å². The van der Waals surface area contributed by atoms with E-state index in [9.17, 15) is 24.3 Å². The Kier molecular flexibility index (Phi) is 9.71. The zero-order valence-electron chi connectivity index (χ0n) is 24.5. The number of carboxylic acid groups (broad SMARTS) is 1. The average molecular weight is 633 g/mol. The van der Waals surface area contributed by atoms with Crippen molar-refractivity contribution >= 4 is 46.4 Å². The van der Waals surface area contributed by atoms with Crippen molar-refractivity contribution in [2.45, 2.75) is 12.5 Å². The van der Waals surface area contributed by atoms with E-state index < -0.39 is 23.8 Å². The SMILES string of the molecule is N#Cc1ccc(C(=O)Nc2cc(C(=O)NC(CC(=O)O)c3cccs3)ccc2N2CCN(C(=O)c3ccc(C#N)cc3)CC2)cc1. The quantitative estimate of drug-likeness (QED) is 0.240. The van der Waals surface area contributed by atoms with Gasteiger partial charge < -0.3 is 25.5 Å². The summed E-state index contributed by atoms with van der Waals surface area (Å²) in [7, 11) is 0. The van der Waals surface area contributed by atoms with Crippen LogP contribution in [0.3, 0.4) is 0 Å². The number of hydrogen-bond donors (Lipinski definition) is 3. The van der Waals surface area contributed by atoms with E-state index in [-0.39, 0.29) is 17.9 Å². The monoisotopic (exact) mass is 632 g/mol. The second-order valence-electron chi connectivity index (χ2n) is 10.5. The summed E-state index contributed by atoms with van der Waals surface area (Å²) in [5.74, 6) is -2.15. The first kappa shape index (κ1) is 31.4. The second kappa shape index (κ2) is 14.2. The number of thiophene rings is 1. The minimum Gasteiger partial charge on any atom is -0.481 e. The molecule has 1 aliphatic rings. The van der Waals surface area contributed by atoms with Gasteiger partial charge in [-0.15, -0.1) is 11.3 Å². The van der Waals surface area contributed by atoms with Crippen LogP contribution < -0.4 is 15.5 Å². The number of nitrogens with zero attached hydrogens (tertiary/aromatic N) is 4. The van der Waals surface area contributed by atoms with Crippen LogP contribution in [0.1, 0.15) is 59.5 Å². The number of piperazine rings is 1. The van der Waals surface area contributed by atoms with E-state index in [0.29, 0.717) is 64.7 Å². The minimum absolute atomic E-state index is 0.146. The zero-order chi connectivity index (χ0) is 32.6. The first-order chi connectivity index (χ1) is 22.2. The van der Waals surface area contributed by atoms with Gasteiger partial charge in [-0.25, -0.2) is 0 Å². The summed E-state index contributed by atoms with van der Waals surface area (Å²) in [6.45, 7) is 1.71. The number of anilines is 2. The molecule has 230 valence electrons. The van der Waals surface area contributed by atoms with Crippen LogP contribution in [0, 0.1) is 22.7 Å². The predicted octanol–water partition coefficient (Wildman–Crippen LogP) is 4.65. The Bertz CT molecular complexity index is 1830. The maximum atomic E-state index is 13.4. The molecule has 12 heteroatoms. The number of benzene rings is 3. The molecule has 1 fully saturated rings. The predicted molar refractivity (Wildman–Crippen MR) is 172 cm³/mol. The van der Waals surface area contributed by atoms with Gasteiger partial charge >= 0.3 is 5.97 Å². The summed E-state index contributed by atoms with van der Waals surface area (Å²) in [4.78, 5) is 55.7. The van der Waals surface area contributed by atoms with Gasteiger partial charge in [0.05, 0.1) is 47.1 Å². The van der Waals surface area contributed by atoms with Gasteiger partial charge in [-0.1, -0.05) is 6.07 Å². The van der Waals surface area contributed by atoms with Gasteiger partial charge in [0.25, 0.3) is 17.7 Å². The molecular formula is C34H28N6O5S. The van der Waals surface area contributed by atoms with E-state index in [2.05, 4.69) is 10.6 Å². The van der Waals surface area contributed by atoms with Crippen LogP contribution in [0.2, 0.25) is 0 Å². The number of nitriles is 2. The molecule has 1 unspecified atom stereocenters. The number of aliphatic carboxylic acids is 1. The molecule has 0 aliphatic carbocycles. The lowest BCUT2D eigenvalue weighted by Gasteiger charge is -2.37. The third-order valence-corrected chi connectivity index (χ3v) is 8.51. The van der Waals surface area contributed by atoms with Crippen LogP contribution in [-0.2, 0) is 4.79 Å². The van der Waals surface area contributed by atoms with E-state index in [1.165, 1.54) is 35.6 Å². The summed E-state index contributed by atoms with van der Waals surface area (Å²) < 4.78 is 0. The van der Waals surface area contributed by atoms with Crippen LogP contribution >= 0.6 is 11.3 Å². The molecule has 3 amide bonds. The Balaban J connectivity index is 1.37. The molecule has 0 spiro atoms. The van der Waals surface area contributed by atoms with Gasteiger partial charge in [-0.05, 0) is 78.2 Å².